The molecule has 0 spiro atoms. The predicted octanol–water partition coefficient (Wildman–Crippen LogP) is 3.61. The normalized spacial score (nSPS) is 13.1. The molecule has 4 nitrogen and oxygen atoms in total. The standard InChI is InChI=1S/C12H14Cl2O4S/c1-3-4-8(2)18-12(15)9-5-10(13)7-11(6-9)19(14,16)17/h5-8H,3-4H2,1-2H3. The zero-order valence-electron chi connectivity index (χ0n) is 10.5. The highest BCUT2D eigenvalue weighted by Crippen LogP contribution is 2.23. The van der Waals surface area contributed by atoms with Gasteiger partial charge in [-0.3, -0.25) is 0 Å². The van der Waals surface area contributed by atoms with Gasteiger partial charge in [0.05, 0.1) is 16.6 Å². The van der Waals surface area contributed by atoms with Crippen LogP contribution in [0.1, 0.15) is 37.0 Å². The second-order valence-electron chi connectivity index (χ2n) is 4.12. The second-order valence-corrected chi connectivity index (χ2v) is 7.12. The van der Waals surface area contributed by atoms with Gasteiger partial charge < -0.3 is 4.74 Å². The maximum absolute atomic E-state index is 11.8. The zero-order chi connectivity index (χ0) is 14.6. The van der Waals surface area contributed by atoms with Crippen LogP contribution in [0.25, 0.3) is 0 Å². The van der Waals surface area contributed by atoms with E-state index in [0.29, 0.717) is 0 Å². The maximum Gasteiger partial charge on any atom is 0.338 e. The maximum atomic E-state index is 11.8. The zero-order valence-corrected chi connectivity index (χ0v) is 12.8. The van der Waals surface area contributed by atoms with Gasteiger partial charge in [-0.25, -0.2) is 13.2 Å². The molecule has 0 bridgehead atoms. The molecule has 0 aliphatic heterocycles. The summed E-state index contributed by atoms with van der Waals surface area (Å²) in [4.78, 5) is 11.6. The Morgan fingerprint density at radius 1 is 1.37 bits per heavy atom. The van der Waals surface area contributed by atoms with E-state index in [1.807, 2.05) is 6.92 Å². The molecule has 106 valence electrons. The average molecular weight is 325 g/mol. The van der Waals surface area contributed by atoms with Crippen molar-refractivity contribution in [2.45, 2.75) is 37.7 Å². The molecule has 1 aromatic carbocycles. The van der Waals surface area contributed by atoms with Gasteiger partial charge >= 0.3 is 5.97 Å². The number of esters is 1. The summed E-state index contributed by atoms with van der Waals surface area (Å²) in [6.45, 7) is 3.74. The topological polar surface area (TPSA) is 60.4 Å². The van der Waals surface area contributed by atoms with E-state index in [4.69, 9.17) is 27.0 Å². The first-order valence-electron chi connectivity index (χ1n) is 5.70. The molecule has 19 heavy (non-hydrogen) atoms. The Labute approximate surface area is 122 Å². The molecule has 0 N–H and O–H groups in total. The molecule has 0 fully saturated rings. The number of halogens is 2. The van der Waals surface area contributed by atoms with Crippen molar-refractivity contribution in [2.75, 3.05) is 0 Å². The van der Waals surface area contributed by atoms with Gasteiger partial charge in [-0.2, -0.15) is 0 Å². The summed E-state index contributed by atoms with van der Waals surface area (Å²) in [6, 6.07) is 3.67. The lowest BCUT2D eigenvalue weighted by atomic mass is 10.2. The van der Waals surface area contributed by atoms with Crippen molar-refractivity contribution in [3.63, 3.8) is 0 Å². The van der Waals surface area contributed by atoms with Crippen LogP contribution in [0.15, 0.2) is 23.1 Å². The Balaban J connectivity index is 3.01. The minimum absolute atomic E-state index is 0.0645. The van der Waals surface area contributed by atoms with Crippen LogP contribution in [0.3, 0.4) is 0 Å². The summed E-state index contributed by atoms with van der Waals surface area (Å²) >= 11 is 5.77. The van der Waals surface area contributed by atoms with E-state index < -0.39 is 15.0 Å². The molecule has 1 aromatic rings. The third kappa shape index (κ3) is 5.01. The highest BCUT2D eigenvalue weighted by atomic mass is 35.7. The number of carbonyl (C=O) groups is 1. The molecule has 7 heteroatoms. The first-order valence-corrected chi connectivity index (χ1v) is 8.39. The van der Waals surface area contributed by atoms with Crippen molar-refractivity contribution in [3.05, 3.63) is 28.8 Å². The summed E-state index contributed by atoms with van der Waals surface area (Å²) in [6.07, 6.45) is 1.37. The van der Waals surface area contributed by atoms with E-state index in [2.05, 4.69) is 0 Å². The predicted molar refractivity (Wildman–Crippen MR) is 74.3 cm³/mol. The average Bonchev–Trinajstić information content (AvgIpc) is 2.27. The second kappa shape index (κ2) is 6.59. The van der Waals surface area contributed by atoms with Gasteiger partial charge in [-0.15, -0.1) is 0 Å². The quantitative estimate of drug-likeness (QED) is 0.613. The van der Waals surface area contributed by atoms with Crippen LogP contribution in [0, 0.1) is 0 Å². The number of benzene rings is 1. The largest absolute Gasteiger partial charge is 0.459 e. The molecule has 1 atom stereocenters. The molecule has 0 aliphatic carbocycles. The Kier molecular flexibility index (Phi) is 5.64. The fourth-order valence-corrected chi connectivity index (χ4v) is 2.64. The third-order valence-corrected chi connectivity index (χ3v) is 3.94. The molecular weight excluding hydrogens is 311 g/mol. The summed E-state index contributed by atoms with van der Waals surface area (Å²) in [5, 5.41) is 0.108. The van der Waals surface area contributed by atoms with Crippen molar-refractivity contribution in [2.24, 2.45) is 0 Å². The van der Waals surface area contributed by atoms with Gasteiger partial charge in [0.2, 0.25) is 0 Å². The van der Waals surface area contributed by atoms with Crippen molar-refractivity contribution < 1.29 is 17.9 Å². The number of ether oxygens (including phenoxy) is 1. The van der Waals surface area contributed by atoms with Crippen LogP contribution in [-0.4, -0.2) is 20.5 Å². The molecule has 0 saturated heterocycles. The summed E-state index contributed by atoms with van der Waals surface area (Å²) in [5.74, 6) is -0.620. The Hall–Kier alpha value is -0.780. The van der Waals surface area contributed by atoms with Crippen LogP contribution in [-0.2, 0) is 13.8 Å². The van der Waals surface area contributed by atoms with E-state index in [-0.39, 0.29) is 21.6 Å². The fraction of sp³-hybridized carbons (Fsp3) is 0.417. The molecule has 0 radical (unpaired) electrons. The van der Waals surface area contributed by atoms with E-state index in [0.717, 1.165) is 18.9 Å². The minimum atomic E-state index is -3.94. The van der Waals surface area contributed by atoms with Crippen molar-refractivity contribution in [1.82, 2.24) is 0 Å². The Morgan fingerprint density at radius 3 is 2.53 bits per heavy atom. The molecule has 0 saturated carbocycles. The summed E-state index contributed by atoms with van der Waals surface area (Å²) < 4.78 is 27.6. The van der Waals surface area contributed by atoms with Crippen LogP contribution >= 0.6 is 22.3 Å². The monoisotopic (exact) mass is 324 g/mol. The lowest BCUT2D eigenvalue weighted by molar-refractivity contribution is 0.0323. The Morgan fingerprint density at radius 2 is 2.00 bits per heavy atom. The SMILES string of the molecule is CCCC(C)OC(=O)c1cc(Cl)cc(S(=O)(=O)Cl)c1. The number of carbonyl (C=O) groups excluding carboxylic acids is 1. The van der Waals surface area contributed by atoms with Gasteiger partial charge in [0, 0.05) is 15.7 Å². The summed E-state index contributed by atoms with van der Waals surface area (Å²) in [7, 11) is 1.28. The lowest BCUT2D eigenvalue weighted by Crippen LogP contribution is -2.15. The van der Waals surface area contributed by atoms with Crippen LogP contribution in [0.5, 0.6) is 0 Å². The Bertz CT molecular complexity index is 569. The van der Waals surface area contributed by atoms with Crippen molar-refractivity contribution in [1.29, 1.82) is 0 Å². The van der Waals surface area contributed by atoms with Gasteiger partial charge in [0.15, 0.2) is 0 Å². The van der Waals surface area contributed by atoms with E-state index in [1.54, 1.807) is 6.92 Å². The molecule has 0 aromatic heterocycles. The molecule has 0 amide bonds. The van der Waals surface area contributed by atoms with Crippen LogP contribution in [0.2, 0.25) is 5.02 Å². The third-order valence-electron chi connectivity index (χ3n) is 2.39. The smallest absolute Gasteiger partial charge is 0.338 e. The van der Waals surface area contributed by atoms with Crippen LogP contribution < -0.4 is 0 Å². The summed E-state index contributed by atoms with van der Waals surface area (Å²) in [5.41, 5.74) is 0.0645. The van der Waals surface area contributed by atoms with Crippen LogP contribution in [0.4, 0.5) is 0 Å². The lowest BCUT2D eigenvalue weighted by Gasteiger charge is -2.12. The highest BCUT2D eigenvalue weighted by Gasteiger charge is 2.17. The van der Waals surface area contributed by atoms with Gasteiger partial charge in [-0.05, 0) is 31.5 Å². The highest BCUT2D eigenvalue weighted by molar-refractivity contribution is 8.13. The van der Waals surface area contributed by atoms with Crippen molar-refractivity contribution >= 4 is 37.3 Å². The minimum Gasteiger partial charge on any atom is -0.459 e. The first-order chi connectivity index (χ1) is 8.74. The molecule has 0 aliphatic rings. The number of hydrogen-bond donors (Lipinski definition) is 0. The van der Waals surface area contributed by atoms with Gasteiger partial charge in [-0.1, -0.05) is 24.9 Å². The molecule has 1 rings (SSSR count). The molecule has 1 unspecified atom stereocenters. The van der Waals surface area contributed by atoms with Gasteiger partial charge in [0.25, 0.3) is 9.05 Å². The van der Waals surface area contributed by atoms with Crippen molar-refractivity contribution in [3.8, 4) is 0 Å². The van der Waals surface area contributed by atoms with E-state index in [1.165, 1.54) is 12.1 Å². The van der Waals surface area contributed by atoms with E-state index >= 15 is 0 Å². The number of rotatable bonds is 5. The van der Waals surface area contributed by atoms with Gasteiger partial charge in [0.1, 0.15) is 0 Å². The molecule has 0 heterocycles. The fourth-order valence-electron chi connectivity index (χ4n) is 1.54. The number of hydrogen-bond acceptors (Lipinski definition) is 4. The molecular formula is C12H14Cl2O4S. The van der Waals surface area contributed by atoms with E-state index in [9.17, 15) is 13.2 Å². The first kappa shape index (κ1) is 16.3.